The zero-order valence-electron chi connectivity index (χ0n) is 12.9. The molecule has 3 heterocycles. The fraction of sp³-hybridized carbons (Fsp3) is 0.438. The van der Waals surface area contributed by atoms with Gasteiger partial charge in [0.05, 0.1) is 22.8 Å². The van der Waals surface area contributed by atoms with Gasteiger partial charge in [0, 0.05) is 25.0 Å². The number of nitrogens with one attached hydrogen (secondary N) is 1. The molecule has 0 spiro atoms. The Hall–Kier alpha value is -2.01. The number of thiazole rings is 1. The molecule has 23 heavy (non-hydrogen) atoms. The smallest absolute Gasteiger partial charge is 0.142 e. The maximum atomic E-state index is 10.4. The van der Waals surface area contributed by atoms with E-state index in [1.807, 2.05) is 19.1 Å². The molecule has 6 nitrogen and oxygen atoms in total. The summed E-state index contributed by atoms with van der Waals surface area (Å²) in [6, 6.07) is 7.25. The first kappa shape index (κ1) is 15.9. The summed E-state index contributed by atoms with van der Waals surface area (Å²) in [6.45, 7) is 4.27. The normalized spacial score (nSPS) is 21.8. The molecular weight excluding hydrogens is 310 g/mol. The Kier molecular flexibility index (Phi) is 4.86. The topological polar surface area (TPSA) is 85.1 Å². The Morgan fingerprint density at radius 1 is 1.48 bits per heavy atom. The zero-order chi connectivity index (χ0) is 16.2. The fourth-order valence-electron chi connectivity index (χ4n) is 2.79. The van der Waals surface area contributed by atoms with Crippen molar-refractivity contribution >= 4 is 17.2 Å². The quantitative estimate of drug-likeness (QED) is 0.889. The van der Waals surface area contributed by atoms with Gasteiger partial charge in [0.25, 0.3) is 0 Å². The first-order valence-corrected chi connectivity index (χ1v) is 8.47. The lowest BCUT2D eigenvalue weighted by Crippen LogP contribution is -2.49. The summed E-state index contributed by atoms with van der Waals surface area (Å²) in [4.78, 5) is 10.9. The Morgan fingerprint density at radius 2 is 2.35 bits per heavy atom. The van der Waals surface area contributed by atoms with E-state index >= 15 is 0 Å². The minimum atomic E-state index is -0.476. The molecule has 1 aliphatic rings. The second kappa shape index (κ2) is 7.04. The number of β-amino-alcohol motifs (C(OH)–C–C–N with tert-alkyl or cyclic N) is 1. The van der Waals surface area contributed by atoms with Crippen LogP contribution in [0.2, 0.25) is 0 Å². The highest BCUT2D eigenvalue weighted by Crippen LogP contribution is 2.19. The number of aliphatic hydroxyl groups is 1. The molecule has 0 saturated carbocycles. The number of anilines is 1. The van der Waals surface area contributed by atoms with Crippen LogP contribution in [-0.2, 0) is 6.54 Å². The van der Waals surface area contributed by atoms with E-state index in [1.54, 1.807) is 23.5 Å². The Balaban J connectivity index is 1.57. The minimum Gasteiger partial charge on any atom is -0.390 e. The number of piperidine rings is 1. The monoisotopic (exact) mass is 329 g/mol. The molecule has 0 unspecified atom stereocenters. The lowest BCUT2D eigenvalue weighted by atomic mass is 10.0. The molecule has 2 N–H and O–H groups in total. The van der Waals surface area contributed by atoms with Crippen molar-refractivity contribution in [2.45, 2.75) is 32.0 Å². The lowest BCUT2D eigenvalue weighted by molar-refractivity contribution is 0.0555. The minimum absolute atomic E-state index is 0.0511. The molecule has 7 heteroatoms. The molecule has 2 aromatic rings. The molecule has 0 amide bonds. The average Bonchev–Trinajstić information content (AvgIpc) is 2.95. The second-order valence-electron chi connectivity index (χ2n) is 5.72. The molecule has 2 aromatic heterocycles. The number of likely N-dealkylation sites (tertiary alicyclic amines) is 1. The molecule has 2 atom stereocenters. The van der Waals surface area contributed by atoms with Crippen LogP contribution in [0.5, 0.6) is 0 Å². The Labute approximate surface area is 139 Å². The van der Waals surface area contributed by atoms with Crippen molar-refractivity contribution in [1.82, 2.24) is 14.9 Å². The largest absolute Gasteiger partial charge is 0.390 e. The number of aliphatic hydroxyl groups excluding tert-OH is 1. The van der Waals surface area contributed by atoms with Gasteiger partial charge in [-0.25, -0.2) is 9.97 Å². The molecule has 0 aliphatic carbocycles. The molecule has 0 radical (unpaired) electrons. The van der Waals surface area contributed by atoms with E-state index < -0.39 is 6.10 Å². The van der Waals surface area contributed by atoms with Crippen LogP contribution in [0, 0.1) is 18.3 Å². The van der Waals surface area contributed by atoms with Gasteiger partial charge in [-0.3, -0.25) is 4.90 Å². The second-order valence-corrected chi connectivity index (χ2v) is 6.78. The first-order valence-electron chi connectivity index (χ1n) is 7.59. The summed E-state index contributed by atoms with van der Waals surface area (Å²) >= 11 is 1.65. The van der Waals surface area contributed by atoms with Crippen LogP contribution < -0.4 is 5.32 Å². The average molecular weight is 329 g/mol. The molecule has 0 bridgehead atoms. The van der Waals surface area contributed by atoms with Gasteiger partial charge in [0.1, 0.15) is 17.6 Å². The van der Waals surface area contributed by atoms with Gasteiger partial charge in [0.2, 0.25) is 0 Å². The standard InChI is InChI=1S/C16H19N5OS/c1-11-18-13(10-23-11)8-21-6-5-14(15(22)9-21)20-16-4-2-3-12(7-17)19-16/h2-4,10,14-15,22H,5-6,8-9H2,1H3,(H,19,20)/t14-,15-/m1/s1. The SMILES string of the molecule is Cc1nc(CN2CC[C@@H](Nc3cccc(C#N)n3)[C@H](O)C2)cs1. The van der Waals surface area contributed by atoms with Gasteiger partial charge < -0.3 is 10.4 Å². The Morgan fingerprint density at radius 3 is 3.04 bits per heavy atom. The predicted octanol–water partition coefficient (Wildman–Crippen LogP) is 1.77. The number of nitrogens with zero attached hydrogens (tertiary/aromatic N) is 4. The summed E-state index contributed by atoms with van der Waals surface area (Å²) in [6.07, 6.45) is 0.346. The van der Waals surface area contributed by atoms with Crippen molar-refractivity contribution in [1.29, 1.82) is 5.26 Å². The maximum absolute atomic E-state index is 10.4. The highest BCUT2D eigenvalue weighted by Gasteiger charge is 2.28. The van der Waals surface area contributed by atoms with E-state index in [0.717, 1.165) is 30.2 Å². The molecule has 1 fully saturated rings. The zero-order valence-corrected chi connectivity index (χ0v) is 13.8. The first-order chi connectivity index (χ1) is 11.1. The van der Waals surface area contributed by atoms with E-state index in [2.05, 4.69) is 25.6 Å². The summed E-state index contributed by atoms with van der Waals surface area (Å²) < 4.78 is 0. The van der Waals surface area contributed by atoms with Crippen LogP contribution in [0.3, 0.4) is 0 Å². The molecule has 120 valence electrons. The molecule has 3 rings (SSSR count). The number of hydrogen-bond donors (Lipinski definition) is 2. The summed E-state index contributed by atoms with van der Waals surface area (Å²) in [5.41, 5.74) is 1.44. The molecular formula is C16H19N5OS. The molecule has 1 saturated heterocycles. The summed E-state index contributed by atoms with van der Waals surface area (Å²) in [5.74, 6) is 0.636. The summed E-state index contributed by atoms with van der Waals surface area (Å²) in [7, 11) is 0. The third-order valence-electron chi connectivity index (χ3n) is 3.92. The van der Waals surface area contributed by atoms with Crippen molar-refractivity contribution in [3.05, 3.63) is 40.0 Å². The third-order valence-corrected chi connectivity index (χ3v) is 4.74. The number of rotatable bonds is 4. The molecule has 0 aromatic carbocycles. The van der Waals surface area contributed by atoms with Crippen molar-refractivity contribution in [3.63, 3.8) is 0 Å². The van der Waals surface area contributed by atoms with Crippen LogP contribution in [0.1, 0.15) is 22.8 Å². The number of aryl methyl sites for hydroxylation is 1. The van der Waals surface area contributed by atoms with E-state index in [4.69, 9.17) is 5.26 Å². The summed E-state index contributed by atoms with van der Waals surface area (Å²) in [5, 5.41) is 25.7. The number of aromatic nitrogens is 2. The van der Waals surface area contributed by atoms with Crippen molar-refractivity contribution in [3.8, 4) is 6.07 Å². The predicted molar refractivity (Wildman–Crippen MR) is 89.1 cm³/mol. The van der Waals surface area contributed by atoms with Gasteiger partial charge in [0.15, 0.2) is 0 Å². The van der Waals surface area contributed by atoms with Crippen LogP contribution >= 0.6 is 11.3 Å². The van der Waals surface area contributed by atoms with E-state index in [1.165, 1.54) is 0 Å². The van der Waals surface area contributed by atoms with Gasteiger partial charge in [-0.05, 0) is 25.5 Å². The maximum Gasteiger partial charge on any atom is 0.142 e. The number of hydrogen-bond acceptors (Lipinski definition) is 7. The van der Waals surface area contributed by atoms with Crippen molar-refractivity contribution in [2.24, 2.45) is 0 Å². The lowest BCUT2D eigenvalue weighted by Gasteiger charge is -2.36. The van der Waals surface area contributed by atoms with E-state index in [9.17, 15) is 5.11 Å². The van der Waals surface area contributed by atoms with Crippen LogP contribution in [0.25, 0.3) is 0 Å². The third kappa shape index (κ3) is 4.05. The van der Waals surface area contributed by atoms with Gasteiger partial charge >= 0.3 is 0 Å². The van der Waals surface area contributed by atoms with Gasteiger partial charge in [-0.15, -0.1) is 11.3 Å². The van der Waals surface area contributed by atoms with Crippen LogP contribution in [-0.4, -0.2) is 45.2 Å². The fourth-order valence-corrected chi connectivity index (χ4v) is 3.39. The van der Waals surface area contributed by atoms with E-state index in [0.29, 0.717) is 18.1 Å². The van der Waals surface area contributed by atoms with E-state index in [-0.39, 0.29) is 6.04 Å². The highest BCUT2D eigenvalue weighted by molar-refractivity contribution is 7.09. The molecule has 1 aliphatic heterocycles. The number of nitriles is 1. The van der Waals surface area contributed by atoms with Gasteiger partial charge in [-0.1, -0.05) is 6.07 Å². The van der Waals surface area contributed by atoms with Crippen LogP contribution in [0.15, 0.2) is 23.6 Å². The number of pyridine rings is 1. The van der Waals surface area contributed by atoms with Crippen molar-refractivity contribution in [2.75, 3.05) is 18.4 Å². The highest BCUT2D eigenvalue weighted by atomic mass is 32.1. The Bertz CT molecular complexity index is 710. The van der Waals surface area contributed by atoms with Gasteiger partial charge in [-0.2, -0.15) is 5.26 Å². The van der Waals surface area contributed by atoms with Crippen LogP contribution in [0.4, 0.5) is 5.82 Å². The van der Waals surface area contributed by atoms with Crippen molar-refractivity contribution < 1.29 is 5.11 Å².